The summed E-state index contributed by atoms with van der Waals surface area (Å²) in [6.07, 6.45) is 4.15. The van der Waals surface area contributed by atoms with Gasteiger partial charge < -0.3 is 24.8 Å². The third-order valence-electron chi connectivity index (χ3n) is 9.10. The molecule has 3 aliphatic heterocycles. The molecule has 12 heteroatoms. The zero-order valence-corrected chi connectivity index (χ0v) is 25.2. The van der Waals surface area contributed by atoms with Crippen LogP contribution in [0.25, 0.3) is 0 Å². The number of rotatable bonds is 9. The minimum Gasteiger partial charge on any atom is -0.392 e. The van der Waals surface area contributed by atoms with Crippen LogP contribution in [0.5, 0.6) is 0 Å². The van der Waals surface area contributed by atoms with Gasteiger partial charge in [0.05, 0.1) is 18.8 Å². The van der Waals surface area contributed by atoms with Gasteiger partial charge in [-0.25, -0.2) is 22.0 Å². The number of ether oxygens (including phenoxy) is 2. The third kappa shape index (κ3) is 6.96. The van der Waals surface area contributed by atoms with Crippen molar-refractivity contribution in [2.45, 2.75) is 63.3 Å². The molecule has 46 heavy (non-hydrogen) atoms. The van der Waals surface area contributed by atoms with Crippen molar-refractivity contribution in [2.24, 2.45) is 0 Å². The van der Waals surface area contributed by atoms with Crippen molar-refractivity contribution in [3.05, 3.63) is 99.9 Å². The monoisotopic (exact) mass is 645 g/mol. The van der Waals surface area contributed by atoms with E-state index >= 15 is 0 Å². The quantitative estimate of drug-likeness (QED) is 0.163. The van der Waals surface area contributed by atoms with E-state index in [0.717, 1.165) is 56.7 Å². The molecular formula is C34H36F5N3O4. The Morgan fingerprint density at radius 3 is 2.07 bits per heavy atom. The van der Waals surface area contributed by atoms with E-state index in [2.05, 4.69) is 15.1 Å². The van der Waals surface area contributed by atoms with E-state index in [4.69, 9.17) is 9.47 Å². The van der Waals surface area contributed by atoms with Gasteiger partial charge in [-0.05, 0) is 68.6 Å². The number of anilines is 1. The molecule has 0 aliphatic carbocycles. The molecule has 4 unspecified atom stereocenters. The van der Waals surface area contributed by atoms with Gasteiger partial charge in [-0.15, -0.1) is 0 Å². The predicted octanol–water partition coefficient (Wildman–Crippen LogP) is 6.23. The second-order valence-corrected chi connectivity index (χ2v) is 12.2. The average molecular weight is 646 g/mol. The number of carbonyl (C=O) groups is 1. The highest BCUT2D eigenvalue weighted by atomic mass is 19.2. The fraction of sp³-hybridized carbons (Fsp3) is 0.441. The Labute approximate surface area is 263 Å². The lowest BCUT2D eigenvalue weighted by atomic mass is 9.99. The van der Waals surface area contributed by atoms with Gasteiger partial charge in [0, 0.05) is 36.8 Å². The van der Waals surface area contributed by atoms with Gasteiger partial charge in [0.1, 0.15) is 5.56 Å². The summed E-state index contributed by atoms with van der Waals surface area (Å²) in [5, 5.41) is 11.7. The Morgan fingerprint density at radius 2 is 1.41 bits per heavy atom. The summed E-state index contributed by atoms with van der Waals surface area (Å²) in [5.74, 6) is -12.6. The first-order chi connectivity index (χ1) is 22.2. The van der Waals surface area contributed by atoms with E-state index in [1.807, 2.05) is 24.3 Å². The molecule has 4 atom stereocenters. The molecule has 3 fully saturated rings. The lowest BCUT2D eigenvalue weighted by Gasteiger charge is -2.39. The molecule has 7 nitrogen and oxygen atoms in total. The van der Waals surface area contributed by atoms with Crippen molar-refractivity contribution in [3.63, 3.8) is 0 Å². The van der Waals surface area contributed by atoms with Crippen LogP contribution in [0.1, 0.15) is 71.5 Å². The molecule has 0 aromatic heterocycles. The van der Waals surface area contributed by atoms with Crippen LogP contribution in [-0.4, -0.2) is 65.7 Å². The maximum absolute atomic E-state index is 14.2. The van der Waals surface area contributed by atoms with Crippen molar-refractivity contribution >= 4 is 11.6 Å². The normalized spacial score (nSPS) is 24.0. The van der Waals surface area contributed by atoms with Gasteiger partial charge in [0.2, 0.25) is 5.82 Å². The number of hydrogen-bond donors (Lipinski definition) is 2. The first-order valence-electron chi connectivity index (χ1n) is 15.6. The van der Waals surface area contributed by atoms with Crippen LogP contribution in [0.15, 0.2) is 48.5 Å². The van der Waals surface area contributed by atoms with E-state index in [-0.39, 0.29) is 24.5 Å². The molecule has 6 rings (SSSR count). The topological polar surface area (TPSA) is 74.3 Å². The molecule has 0 radical (unpaired) electrons. The molecule has 0 saturated carbocycles. The number of amides is 1. The first kappa shape index (κ1) is 32.5. The molecule has 2 N–H and O–H groups in total. The summed E-state index contributed by atoms with van der Waals surface area (Å²) >= 11 is 0. The number of likely N-dealkylation sites (tertiary alicyclic amines) is 2. The summed E-state index contributed by atoms with van der Waals surface area (Å²) in [5.41, 5.74) is 0.850. The van der Waals surface area contributed by atoms with Gasteiger partial charge in [-0.3, -0.25) is 9.69 Å². The van der Waals surface area contributed by atoms with Gasteiger partial charge in [0.15, 0.2) is 29.6 Å². The van der Waals surface area contributed by atoms with Gasteiger partial charge in [-0.2, -0.15) is 0 Å². The summed E-state index contributed by atoms with van der Waals surface area (Å²) in [6.45, 7) is 5.00. The van der Waals surface area contributed by atoms with Crippen molar-refractivity contribution < 1.29 is 41.3 Å². The van der Waals surface area contributed by atoms with Crippen molar-refractivity contribution in [3.8, 4) is 0 Å². The molecular weight excluding hydrogens is 609 g/mol. The van der Waals surface area contributed by atoms with Crippen LogP contribution < -0.4 is 5.32 Å². The zero-order chi connectivity index (χ0) is 32.4. The fourth-order valence-electron chi connectivity index (χ4n) is 6.62. The Kier molecular flexibility index (Phi) is 10.00. The van der Waals surface area contributed by atoms with E-state index in [1.165, 1.54) is 25.0 Å². The average Bonchev–Trinajstić information content (AvgIpc) is 3.75. The van der Waals surface area contributed by atoms with Crippen LogP contribution in [0.4, 0.5) is 27.6 Å². The van der Waals surface area contributed by atoms with Crippen LogP contribution in [-0.2, 0) is 16.1 Å². The number of aliphatic hydroxyl groups is 1. The Balaban J connectivity index is 1.18. The van der Waals surface area contributed by atoms with Crippen LogP contribution >= 0.6 is 0 Å². The highest BCUT2D eigenvalue weighted by Gasteiger charge is 2.36. The molecule has 0 spiro atoms. The Bertz CT molecular complexity index is 1510. The lowest BCUT2D eigenvalue weighted by molar-refractivity contribution is -0.253. The van der Waals surface area contributed by atoms with E-state index in [1.54, 1.807) is 12.1 Å². The summed E-state index contributed by atoms with van der Waals surface area (Å²) in [4.78, 5) is 17.6. The fourth-order valence-corrected chi connectivity index (χ4v) is 6.62. The van der Waals surface area contributed by atoms with Crippen LogP contribution in [0.3, 0.4) is 0 Å². The van der Waals surface area contributed by atoms with E-state index in [0.29, 0.717) is 18.0 Å². The Morgan fingerprint density at radius 1 is 0.783 bits per heavy atom. The van der Waals surface area contributed by atoms with Crippen LogP contribution in [0.2, 0.25) is 0 Å². The second-order valence-electron chi connectivity index (χ2n) is 12.2. The zero-order valence-electron chi connectivity index (χ0n) is 25.2. The van der Waals surface area contributed by atoms with Gasteiger partial charge in [0.25, 0.3) is 5.91 Å². The molecule has 3 heterocycles. The van der Waals surface area contributed by atoms with Gasteiger partial charge in [-0.1, -0.05) is 36.4 Å². The molecule has 1 amide bonds. The van der Waals surface area contributed by atoms with E-state index < -0.39 is 46.8 Å². The number of halogens is 5. The summed E-state index contributed by atoms with van der Waals surface area (Å²) < 4.78 is 81.9. The second kappa shape index (κ2) is 14.1. The molecule has 3 saturated heterocycles. The number of hydrogen-bond acceptors (Lipinski definition) is 6. The minimum atomic E-state index is -2.34. The smallest absolute Gasteiger partial charge is 0.261 e. The lowest BCUT2D eigenvalue weighted by Crippen LogP contribution is -2.45. The molecule has 0 bridgehead atoms. The van der Waals surface area contributed by atoms with Crippen molar-refractivity contribution in [1.82, 2.24) is 9.80 Å². The largest absolute Gasteiger partial charge is 0.392 e. The maximum atomic E-state index is 14.2. The molecule has 3 aromatic rings. The number of nitrogens with zero attached hydrogens (tertiary/aromatic N) is 2. The number of benzene rings is 3. The van der Waals surface area contributed by atoms with Crippen molar-refractivity contribution in [1.29, 1.82) is 0 Å². The maximum Gasteiger partial charge on any atom is 0.261 e. The number of aliphatic hydroxyl groups excluding tert-OH is 1. The standard InChI is InChI=1S/C34H36F5N3O4/c35-28-27(29(36)31(38)32(39)30(28)37)33(44)40-23-11-9-22(10-12-23)34-45-25(16-26(46-34)21-7-5-20(19-43)6-8-21)18-42-15-3-4-24(42)17-41-13-1-2-14-41/h5-12,24-26,34,43H,1-4,13-19H2,(H,40,44). The predicted molar refractivity (Wildman–Crippen MR) is 159 cm³/mol. The highest BCUT2D eigenvalue weighted by molar-refractivity contribution is 6.04. The number of carbonyl (C=O) groups excluding carboxylic acids is 1. The third-order valence-corrected chi connectivity index (χ3v) is 9.10. The van der Waals surface area contributed by atoms with Gasteiger partial charge >= 0.3 is 0 Å². The van der Waals surface area contributed by atoms with Crippen LogP contribution in [0, 0.1) is 29.1 Å². The summed E-state index contributed by atoms with van der Waals surface area (Å²) in [6, 6.07) is 14.1. The van der Waals surface area contributed by atoms with Crippen molar-refractivity contribution in [2.75, 3.05) is 38.0 Å². The number of nitrogens with one attached hydrogen (secondary N) is 1. The summed E-state index contributed by atoms with van der Waals surface area (Å²) in [7, 11) is 0. The molecule has 246 valence electrons. The first-order valence-corrected chi connectivity index (χ1v) is 15.6. The molecule has 3 aliphatic rings. The SMILES string of the molecule is O=C(Nc1ccc(C2OC(CN3CCCC3CN3CCCC3)CC(c3ccc(CO)cc3)O2)cc1)c1c(F)c(F)c(F)c(F)c1F. The minimum absolute atomic E-state index is 0.0687. The molecule has 3 aromatic carbocycles. The highest BCUT2D eigenvalue weighted by Crippen LogP contribution is 2.39. The van der Waals surface area contributed by atoms with E-state index in [9.17, 15) is 31.9 Å². The Hall–Kier alpha value is -3.42.